The summed E-state index contributed by atoms with van der Waals surface area (Å²) in [5.74, 6) is -0.197. The van der Waals surface area contributed by atoms with Crippen LogP contribution in [0.4, 0.5) is 11.4 Å². The summed E-state index contributed by atoms with van der Waals surface area (Å²) < 4.78 is 25.0. The van der Waals surface area contributed by atoms with Crippen molar-refractivity contribution < 1.29 is 13.2 Å². The fourth-order valence-electron chi connectivity index (χ4n) is 3.17. The van der Waals surface area contributed by atoms with Crippen LogP contribution in [0, 0.1) is 0 Å². The Kier molecular flexibility index (Phi) is 5.02. The first-order chi connectivity index (χ1) is 12.3. The first kappa shape index (κ1) is 18.4. The third-order valence-electron chi connectivity index (χ3n) is 4.35. The Bertz CT molecular complexity index is 939. The zero-order chi connectivity index (χ0) is 18.9. The molecule has 1 N–H and O–H groups in total. The van der Waals surface area contributed by atoms with Gasteiger partial charge in [-0.1, -0.05) is 18.2 Å². The van der Waals surface area contributed by atoms with Gasteiger partial charge in [0.1, 0.15) is 0 Å². The molecule has 0 aromatic heterocycles. The summed E-state index contributed by atoms with van der Waals surface area (Å²) in [6, 6.07) is 12.9. The Morgan fingerprint density at radius 2 is 1.92 bits per heavy atom. The van der Waals surface area contributed by atoms with Crippen LogP contribution in [0.5, 0.6) is 0 Å². The molecule has 0 spiro atoms. The fourth-order valence-corrected chi connectivity index (χ4v) is 4.13. The predicted octanol–water partition coefficient (Wildman–Crippen LogP) is 2.32. The quantitative estimate of drug-likeness (QED) is 0.873. The van der Waals surface area contributed by atoms with E-state index in [2.05, 4.69) is 5.32 Å². The molecule has 0 saturated heterocycles. The van der Waals surface area contributed by atoms with Gasteiger partial charge in [-0.15, -0.1) is 0 Å². The first-order valence-corrected chi connectivity index (χ1v) is 10.2. The van der Waals surface area contributed by atoms with Crippen LogP contribution in [0.2, 0.25) is 0 Å². The maximum atomic E-state index is 12.7. The Morgan fingerprint density at radius 1 is 1.19 bits per heavy atom. The second-order valence-corrected chi connectivity index (χ2v) is 8.68. The van der Waals surface area contributed by atoms with Gasteiger partial charge >= 0.3 is 0 Å². The van der Waals surface area contributed by atoms with Crippen molar-refractivity contribution >= 4 is 27.3 Å². The molecule has 0 saturated carbocycles. The minimum absolute atomic E-state index is 0.197. The van der Waals surface area contributed by atoms with Crippen LogP contribution in [0.1, 0.15) is 21.5 Å². The lowest BCUT2D eigenvalue weighted by Gasteiger charge is -2.17. The number of carbonyl (C=O) groups is 1. The zero-order valence-corrected chi connectivity index (χ0v) is 16.0. The van der Waals surface area contributed by atoms with E-state index in [-0.39, 0.29) is 5.91 Å². The highest BCUT2D eigenvalue weighted by Gasteiger charge is 2.26. The Labute approximate surface area is 154 Å². The number of benzene rings is 2. The van der Waals surface area contributed by atoms with E-state index in [1.807, 2.05) is 43.3 Å². The molecule has 7 heteroatoms. The molecule has 0 fully saturated rings. The van der Waals surface area contributed by atoms with E-state index in [0.717, 1.165) is 23.4 Å². The minimum atomic E-state index is -3.29. The normalized spacial score (nSPS) is 13.8. The summed E-state index contributed by atoms with van der Waals surface area (Å²) in [5, 5.41) is 2.97. The number of hydrogen-bond donors (Lipinski definition) is 1. The van der Waals surface area contributed by atoms with Crippen molar-refractivity contribution in [3.8, 4) is 0 Å². The van der Waals surface area contributed by atoms with Crippen LogP contribution in [-0.2, 0) is 23.0 Å². The average Bonchev–Trinajstić information content (AvgIpc) is 2.99. The van der Waals surface area contributed by atoms with Crippen LogP contribution in [0.15, 0.2) is 42.5 Å². The SMILES string of the molecule is CN(C)Cc1ccccc1NC(=O)c1ccc2c(c1)CCN2S(C)(=O)=O. The molecule has 0 aliphatic carbocycles. The Hall–Kier alpha value is -2.38. The molecular formula is C19H23N3O3S. The summed E-state index contributed by atoms with van der Waals surface area (Å²) in [7, 11) is 0.671. The van der Waals surface area contributed by atoms with Crippen LogP contribution < -0.4 is 9.62 Å². The smallest absolute Gasteiger partial charge is 0.255 e. The molecule has 1 heterocycles. The number of anilines is 2. The molecule has 3 rings (SSSR count). The number of hydrogen-bond acceptors (Lipinski definition) is 4. The lowest BCUT2D eigenvalue weighted by atomic mass is 10.1. The van der Waals surface area contributed by atoms with Crippen LogP contribution in [0.3, 0.4) is 0 Å². The minimum Gasteiger partial charge on any atom is -0.322 e. The number of nitrogens with one attached hydrogen (secondary N) is 1. The second kappa shape index (κ2) is 7.09. The molecule has 1 amide bonds. The van der Waals surface area contributed by atoms with Gasteiger partial charge in [-0.3, -0.25) is 9.10 Å². The van der Waals surface area contributed by atoms with E-state index in [9.17, 15) is 13.2 Å². The van der Waals surface area contributed by atoms with E-state index < -0.39 is 10.0 Å². The van der Waals surface area contributed by atoms with E-state index in [1.165, 1.54) is 10.6 Å². The number of nitrogens with zero attached hydrogens (tertiary/aromatic N) is 2. The van der Waals surface area contributed by atoms with E-state index in [0.29, 0.717) is 24.2 Å². The van der Waals surface area contributed by atoms with Crippen molar-refractivity contribution in [2.75, 3.05) is 36.5 Å². The number of amides is 1. The largest absolute Gasteiger partial charge is 0.322 e. The third kappa shape index (κ3) is 3.89. The summed E-state index contributed by atoms with van der Waals surface area (Å²) >= 11 is 0. The topological polar surface area (TPSA) is 69.7 Å². The number of para-hydroxylation sites is 1. The molecule has 2 aromatic rings. The Balaban J connectivity index is 1.83. The van der Waals surface area contributed by atoms with Gasteiger partial charge in [-0.05, 0) is 55.9 Å². The number of carbonyl (C=O) groups excluding carboxylic acids is 1. The highest BCUT2D eigenvalue weighted by atomic mass is 32.2. The molecule has 0 unspecified atom stereocenters. The van der Waals surface area contributed by atoms with Crippen molar-refractivity contribution in [2.24, 2.45) is 0 Å². The standard InChI is InChI=1S/C19H23N3O3S/c1-21(2)13-16-6-4-5-7-17(16)20-19(23)15-8-9-18-14(12-15)10-11-22(18)26(3,24)25/h4-9,12H,10-11,13H2,1-3H3,(H,20,23). The molecule has 6 nitrogen and oxygen atoms in total. The molecule has 2 aromatic carbocycles. The molecule has 0 bridgehead atoms. The van der Waals surface area contributed by atoms with Gasteiger partial charge in [0.25, 0.3) is 5.91 Å². The molecule has 0 atom stereocenters. The van der Waals surface area contributed by atoms with Gasteiger partial charge < -0.3 is 10.2 Å². The van der Waals surface area contributed by atoms with E-state index >= 15 is 0 Å². The number of fused-ring (bicyclic) bond motifs is 1. The molecule has 0 radical (unpaired) electrons. The van der Waals surface area contributed by atoms with Gasteiger partial charge in [-0.2, -0.15) is 0 Å². The lowest BCUT2D eigenvalue weighted by Crippen LogP contribution is -2.27. The van der Waals surface area contributed by atoms with Gasteiger partial charge in [0, 0.05) is 24.3 Å². The number of sulfonamides is 1. The van der Waals surface area contributed by atoms with Crippen LogP contribution in [-0.4, -0.2) is 46.1 Å². The maximum Gasteiger partial charge on any atom is 0.255 e. The van der Waals surface area contributed by atoms with Crippen molar-refractivity contribution in [2.45, 2.75) is 13.0 Å². The summed E-state index contributed by atoms with van der Waals surface area (Å²) in [4.78, 5) is 14.7. The Morgan fingerprint density at radius 3 is 2.62 bits per heavy atom. The lowest BCUT2D eigenvalue weighted by molar-refractivity contribution is 0.102. The van der Waals surface area contributed by atoms with Crippen LogP contribution in [0.25, 0.3) is 0 Å². The first-order valence-electron chi connectivity index (χ1n) is 8.40. The average molecular weight is 373 g/mol. The zero-order valence-electron chi connectivity index (χ0n) is 15.2. The second-order valence-electron chi connectivity index (χ2n) is 6.78. The molecule has 1 aliphatic heterocycles. The molecule has 1 aliphatic rings. The predicted molar refractivity (Wildman–Crippen MR) is 104 cm³/mol. The van der Waals surface area contributed by atoms with Gasteiger partial charge in [0.05, 0.1) is 11.9 Å². The van der Waals surface area contributed by atoms with E-state index in [4.69, 9.17) is 0 Å². The third-order valence-corrected chi connectivity index (χ3v) is 5.53. The monoisotopic (exact) mass is 373 g/mol. The van der Waals surface area contributed by atoms with Crippen molar-refractivity contribution in [1.29, 1.82) is 0 Å². The number of rotatable bonds is 5. The van der Waals surface area contributed by atoms with Crippen LogP contribution >= 0.6 is 0 Å². The van der Waals surface area contributed by atoms with Gasteiger partial charge in [0.15, 0.2) is 0 Å². The fraction of sp³-hybridized carbons (Fsp3) is 0.316. The van der Waals surface area contributed by atoms with Crippen molar-refractivity contribution in [1.82, 2.24) is 4.90 Å². The van der Waals surface area contributed by atoms with Gasteiger partial charge in [0.2, 0.25) is 10.0 Å². The molecule has 138 valence electrons. The maximum absolute atomic E-state index is 12.7. The molecule has 26 heavy (non-hydrogen) atoms. The summed E-state index contributed by atoms with van der Waals surface area (Å²) in [5.41, 5.74) is 3.89. The summed E-state index contributed by atoms with van der Waals surface area (Å²) in [6.45, 7) is 1.15. The van der Waals surface area contributed by atoms with Gasteiger partial charge in [-0.25, -0.2) is 8.42 Å². The highest BCUT2D eigenvalue weighted by molar-refractivity contribution is 7.92. The van der Waals surface area contributed by atoms with E-state index in [1.54, 1.807) is 18.2 Å². The van der Waals surface area contributed by atoms with Crippen molar-refractivity contribution in [3.63, 3.8) is 0 Å². The summed E-state index contributed by atoms with van der Waals surface area (Å²) in [6.07, 6.45) is 1.81. The molecular weight excluding hydrogens is 350 g/mol. The van der Waals surface area contributed by atoms with Crippen molar-refractivity contribution in [3.05, 3.63) is 59.2 Å². The highest BCUT2D eigenvalue weighted by Crippen LogP contribution is 2.31.